The summed E-state index contributed by atoms with van der Waals surface area (Å²) in [5.41, 5.74) is 0. The molecule has 0 amide bonds. The predicted octanol–water partition coefficient (Wildman–Crippen LogP) is -1.43. The number of carbonyl (C=O) groups excluding carboxylic acids is 2. The fraction of sp³-hybridized carbons (Fsp3) is 0.333. The first-order valence-electron chi connectivity index (χ1n) is 2.04. The lowest BCUT2D eigenvalue weighted by Crippen LogP contribution is -2.16. The van der Waals surface area contributed by atoms with Gasteiger partial charge in [0.2, 0.25) is 0 Å². The van der Waals surface area contributed by atoms with E-state index in [1.807, 2.05) is 0 Å². The highest BCUT2D eigenvalue weighted by atomic mass is 32.2. The van der Waals surface area contributed by atoms with Gasteiger partial charge in [-0.1, -0.05) is 0 Å². The van der Waals surface area contributed by atoms with Crippen molar-refractivity contribution in [3.05, 3.63) is 0 Å². The Bertz CT molecular complexity index is 225. The van der Waals surface area contributed by atoms with E-state index in [1.54, 1.807) is 0 Å². The van der Waals surface area contributed by atoms with Gasteiger partial charge < -0.3 is 4.74 Å². The molecule has 0 fully saturated rings. The van der Waals surface area contributed by atoms with Crippen molar-refractivity contribution in [2.24, 2.45) is 0 Å². The topological polar surface area (TPSA) is 97.7 Å². The molecule has 0 aromatic heterocycles. The number of hydrogen-bond acceptors (Lipinski definition) is 5. The highest BCUT2D eigenvalue weighted by molar-refractivity contribution is 7.86. The molecule has 6 nitrogen and oxygen atoms in total. The Hall–Kier alpha value is -0.950. The zero-order chi connectivity index (χ0) is 8.20. The number of rotatable bonds is 3. The first kappa shape index (κ1) is 9.05. The monoisotopic (exact) mass is 168 g/mol. The third-order valence-corrected chi connectivity index (χ3v) is 1.08. The molecule has 0 saturated heterocycles. The Morgan fingerprint density at radius 1 is 1.60 bits per heavy atom. The van der Waals surface area contributed by atoms with Crippen molar-refractivity contribution in [3.63, 3.8) is 0 Å². The Kier molecular flexibility index (Phi) is 2.97. The molecule has 0 aromatic carbocycles. The second-order valence-electron chi connectivity index (χ2n) is 1.31. The minimum Gasteiger partial charge on any atom is -0.395 e. The van der Waals surface area contributed by atoms with Crippen LogP contribution < -0.4 is 0 Å². The van der Waals surface area contributed by atoms with E-state index in [-0.39, 0.29) is 6.47 Å². The van der Waals surface area contributed by atoms with Gasteiger partial charge in [0.15, 0.2) is 5.75 Å². The van der Waals surface area contributed by atoms with E-state index in [0.717, 1.165) is 0 Å². The van der Waals surface area contributed by atoms with Crippen molar-refractivity contribution in [1.82, 2.24) is 0 Å². The molecule has 0 radical (unpaired) electrons. The summed E-state index contributed by atoms with van der Waals surface area (Å²) in [5.74, 6) is -2.51. The fourth-order valence-corrected chi connectivity index (χ4v) is 0.603. The van der Waals surface area contributed by atoms with Crippen LogP contribution in [-0.2, 0) is 24.4 Å². The molecule has 7 heteroatoms. The highest BCUT2D eigenvalue weighted by Crippen LogP contribution is 1.83. The molecule has 0 rings (SSSR count). The minimum atomic E-state index is -4.38. The molecule has 0 saturated carbocycles. The maximum Gasteiger partial charge on any atom is 0.331 e. The van der Waals surface area contributed by atoms with Crippen molar-refractivity contribution in [2.45, 2.75) is 0 Å². The van der Waals surface area contributed by atoms with Gasteiger partial charge in [-0.05, 0) is 0 Å². The van der Waals surface area contributed by atoms with Crippen LogP contribution >= 0.6 is 0 Å². The summed E-state index contributed by atoms with van der Waals surface area (Å²) in [6.07, 6.45) is 0. The van der Waals surface area contributed by atoms with Gasteiger partial charge in [0.05, 0.1) is 0 Å². The average Bonchev–Trinajstić information content (AvgIpc) is 1.59. The molecule has 0 aliphatic carbocycles. The van der Waals surface area contributed by atoms with E-state index in [0.29, 0.717) is 0 Å². The molecular formula is C3H4O6S. The van der Waals surface area contributed by atoms with Crippen LogP contribution in [0.15, 0.2) is 0 Å². The molecule has 0 aliphatic rings. The maximum atomic E-state index is 10.1. The van der Waals surface area contributed by atoms with Gasteiger partial charge in [0.1, 0.15) is 0 Å². The van der Waals surface area contributed by atoms with Gasteiger partial charge in [-0.15, -0.1) is 0 Å². The highest BCUT2D eigenvalue weighted by Gasteiger charge is 2.13. The predicted molar refractivity (Wildman–Crippen MR) is 28.6 cm³/mol. The van der Waals surface area contributed by atoms with E-state index in [9.17, 15) is 18.0 Å². The first-order valence-corrected chi connectivity index (χ1v) is 3.65. The minimum absolute atomic E-state index is 0.215. The van der Waals surface area contributed by atoms with E-state index in [1.165, 1.54) is 0 Å². The lowest BCUT2D eigenvalue weighted by atomic mass is 10.8. The van der Waals surface area contributed by atoms with Crippen molar-refractivity contribution < 1.29 is 27.3 Å². The van der Waals surface area contributed by atoms with Crippen LogP contribution in [0.5, 0.6) is 0 Å². The molecule has 0 atom stereocenters. The standard InChI is InChI=1S/C3H4O6S/c4-2-9-3(5)1-10(6,7)8/h2H,1H2,(H,6,7,8). The summed E-state index contributed by atoms with van der Waals surface area (Å²) in [5, 5.41) is 0. The molecular weight excluding hydrogens is 164 g/mol. The Morgan fingerprint density at radius 2 is 2.10 bits per heavy atom. The summed E-state index contributed by atoms with van der Waals surface area (Å²) in [6.45, 7) is -0.215. The van der Waals surface area contributed by atoms with E-state index in [4.69, 9.17) is 4.55 Å². The third kappa shape index (κ3) is 5.19. The molecule has 1 N–H and O–H groups in total. The Morgan fingerprint density at radius 3 is 2.40 bits per heavy atom. The third-order valence-electron chi connectivity index (χ3n) is 0.480. The summed E-state index contributed by atoms with van der Waals surface area (Å²) in [6, 6.07) is 0. The Labute approximate surface area is 56.5 Å². The molecule has 0 spiro atoms. The molecule has 58 valence electrons. The van der Waals surface area contributed by atoms with Gasteiger partial charge in [-0.2, -0.15) is 8.42 Å². The van der Waals surface area contributed by atoms with Crippen LogP contribution in [0.1, 0.15) is 0 Å². The number of ether oxygens (including phenoxy) is 1. The lowest BCUT2D eigenvalue weighted by molar-refractivity contribution is -0.149. The van der Waals surface area contributed by atoms with Crippen LogP contribution in [0, 0.1) is 0 Å². The molecule has 0 heterocycles. The van der Waals surface area contributed by atoms with E-state index < -0.39 is 21.8 Å². The lowest BCUT2D eigenvalue weighted by Gasteiger charge is -1.91. The fourth-order valence-electron chi connectivity index (χ4n) is 0.237. The van der Waals surface area contributed by atoms with Crippen LogP contribution in [0.3, 0.4) is 0 Å². The molecule has 0 aromatic rings. The number of esters is 1. The smallest absolute Gasteiger partial charge is 0.331 e. The molecule has 10 heavy (non-hydrogen) atoms. The number of carbonyl (C=O) groups is 2. The maximum absolute atomic E-state index is 10.1. The summed E-state index contributed by atoms with van der Waals surface area (Å²) in [4.78, 5) is 19.4. The van der Waals surface area contributed by atoms with Crippen molar-refractivity contribution in [1.29, 1.82) is 0 Å². The molecule has 0 aliphatic heterocycles. The van der Waals surface area contributed by atoms with Crippen LogP contribution in [0.4, 0.5) is 0 Å². The molecule has 0 unspecified atom stereocenters. The zero-order valence-electron chi connectivity index (χ0n) is 4.68. The van der Waals surface area contributed by atoms with E-state index in [2.05, 4.69) is 4.74 Å². The summed E-state index contributed by atoms with van der Waals surface area (Å²) >= 11 is 0. The van der Waals surface area contributed by atoms with Gasteiger partial charge in [0, 0.05) is 0 Å². The number of hydrogen-bond donors (Lipinski definition) is 1. The van der Waals surface area contributed by atoms with E-state index >= 15 is 0 Å². The Balaban J connectivity index is 3.93. The van der Waals surface area contributed by atoms with Crippen molar-refractivity contribution in [2.75, 3.05) is 5.75 Å². The van der Waals surface area contributed by atoms with Crippen LogP contribution in [0.25, 0.3) is 0 Å². The molecule has 0 bridgehead atoms. The average molecular weight is 168 g/mol. The second-order valence-corrected chi connectivity index (χ2v) is 2.76. The SMILES string of the molecule is O=COC(=O)CS(=O)(=O)O. The van der Waals surface area contributed by atoms with Gasteiger partial charge >= 0.3 is 12.4 Å². The van der Waals surface area contributed by atoms with Gasteiger partial charge in [-0.3, -0.25) is 14.1 Å². The summed E-state index contributed by atoms with van der Waals surface area (Å²) < 4.78 is 31.2. The zero-order valence-corrected chi connectivity index (χ0v) is 5.50. The quantitative estimate of drug-likeness (QED) is 0.240. The first-order chi connectivity index (χ1) is 4.45. The van der Waals surface area contributed by atoms with Crippen molar-refractivity contribution in [3.8, 4) is 0 Å². The van der Waals surface area contributed by atoms with Crippen LogP contribution in [0.2, 0.25) is 0 Å². The van der Waals surface area contributed by atoms with Gasteiger partial charge in [0.25, 0.3) is 10.1 Å². The van der Waals surface area contributed by atoms with Gasteiger partial charge in [-0.25, -0.2) is 0 Å². The summed E-state index contributed by atoms with van der Waals surface area (Å²) in [7, 11) is -4.38. The van der Waals surface area contributed by atoms with Crippen LogP contribution in [-0.4, -0.2) is 31.2 Å². The second kappa shape index (κ2) is 3.28. The van der Waals surface area contributed by atoms with Crippen molar-refractivity contribution >= 4 is 22.6 Å². The normalized spacial score (nSPS) is 10.5. The largest absolute Gasteiger partial charge is 0.395 e.